The third-order valence-corrected chi connectivity index (χ3v) is 6.89. The molecule has 0 heterocycles. The van der Waals surface area contributed by atoms with Crippen LogP contribution in [0, 0.1) is 0 Å². The first-order valence-corrected chi connectivity index (χ1v) is 12.8. The Morgan fingerprint density at radius 3 is 1.09 bits per heavy atom. The molecule has 0 fully saturated rings. The van der Waals surface area contributed by atoms with Crippen LogP contribution in [0.1, 0.15) is 19.8 Å². The number of hydrogen-bond acceptors (Lipinski definition) is 9. The molecule has 0 rings (SSSR count). The molecule has 21 heteroatoms. The quantitative estimate of drug-likeness (QED) is 0.241. The van der Waals surface area contributed by atoms with Crippen molar-refractivity contribution in [1.82, 2.24) is 0 Å². The fourth-order valence-corrected chi connectivity index (χ4v) is 4.88. The van der Waals surface area contributed by atoms with Gasteiger partial charge in [0.2, 0.25) is 0 Å². The second-order valence-corrected chi connectivity index (χ2v) is 11.5. The molecule has 0 aliphatic rings. The average molecular weight is 572 g/mol. The molecule has 0 aliphatic heterocycles. The van der Waals surface area contributed by atoms with Gasteiger partial charge in [-0.25, -0.2) is 0 Å². The fraction of sp³-hybridized carbons (Fsp3) is 1.00. The summed E-state index contributed by atoms with van der Waals surface area (Å²) in [4.78, 5) is 0. The summed E-state index contributed by atoms with van der Waals surface area (Å²) in [5, 5.41) is 0. The van der Waals surface area contributed by atoms with Crippen molar-refractivity contribution in [3.8, 4) is 0 Å². The van der Waals surface area contributed by atoms with Crippen LogP contribution in [-0.4, -0.2) is 79.9 Å². The van der Waals surface area contributed by atoms with Crippen molar-refractivity contribution < 1.29 is 77.3 Å². The minimum Gasteiger partial charge on any atom is -0.270 e. The van der Waals surface area contributed by atoms with E-state index < -0.39 is 97.8 Å². The first-order chi connectivity index (χ1) is 14.2. The SMILES string of the molecule is CC(CCOS(=O)(=O)CC(F)(F)F)(CCOS(=O)(=O)CC(F)(F)F)OS(=O)(=O)CC(F)(F)F. The summed E-state index contributed by atoms with van der Waals surface area (Å²) in [6.45, 7) is -1.88. The van der Waals surface area contributed by atoms with Crippen molar-refractivity contribution in [2.75, 3.05) is 30.5 Å². The number of alkyl halides is 9. The lowest BCUT2D eigenvalue weighted by atomic mass is 9.99. The van der Waals surface area contributed by atoms with Gasteiger partial charge in [-0.3, -0.25) is 12.5 Å². The van der Waals surface area contributed by atoms with Gasteiger partial charge >= 0.3 is 18.5 Å². The van der Waals surface area contributed by atoms with Gasteiger partial charge in [0.15, 0.2) is 17.3 Å². The summed E-state index contributed by atoms with van der Waals surface area (Å²) in [5.74, 6) is -7.47. The second kappa shape index (κ2) is 10.8. The molecule has 0 N–H and O–H groups in total. The van der Waals surface area contributed by atoms with Gasteiger partial charge in [0.05, 0.1) is 18.8 Å². The van der Waals surface area contributed by atoms with Gasteiger partial charge in [-0.1, -0.05) is 0 Å². The topological polar surface area (TPSA) is 130 Å². The van der Waals surface area contributed by atoms with Crippen LogP contribution in [0.4, 0.5) is 39.5 Å². The summed E-state index contributed by atoms with van der Waals surface area (Å²) < 4.78 is 190. The van der Waals surface area contributed by atoms with Crippen LogP contribution in [0.25, 0.3) is 0 Å². The zero-order chi connectivity index (χ0) is 26.6. The van der Waals surface area contributed by atoms with Gasteiger partial charge in [-0.05, 0) is 6.92 Å². The Bertz CT molecular complexity index is 897. The van der Waals surface area contributed by atoms with Crippen LogP contribution in [0.2, 0.25) is 0 Å². The lowest BCUT2D eigenvalue weighted by molar-refractivity contribution is -0.109. The molecule has 0 saturated carbocycles. The maximum atomic E-state index is 12.4. The maximum absolute atomic E-state index is 12.4. The van der Waals surface area contributed by atoms with E-state index >= 15 is 0 Å². The maximum Gasteiger partial charge on any atom is 0.405 e. The molecule has 0 spiro atoms. The highest BCUT2D eigenvalue weighted by Gasteiger charge is 2.42. The summed E-state index contributed by atoms with van der Waals surface area (Å²) in [5.41, 5.74) is -2.48. The average Bonchev–Trinajstić information content (AvgIpc) is 2.36. The van der Waals surface area contributed by atoms with Gasteiger partial charge in [-0.2, -0.15) is 64.8 Å². The predicted octanol–water partition coefficient (Wildman–Crippen LogP) is 2.25. The summed E-state index contributed by atoms with van der Waals surface area (Å²) in [6.07, 6.45) is -17.9. The number of halogens is 9. The van der Waals surface area contributed by atoms with Crippen molar-refractivity contribution in [3.05, 3.63) is 0 Å². The Morgan fingerprint density at radius 1 is 0.545 bits per heavy atom. The Kier molecular flexibility index (Phi) is 10.5. The molecule has 0 aromatic carbocycles. The van der Waals surface area contributed by atoms with E-state index in [1.54, 1.807) is 0 Å². The molecule has 0 bridgehead atoms. The lowest BCUT2D eigenvalue weighted by Gasteiger charge is -2.29. The van der Waals surface area contributed by atoms with Crippen LogP contribution in [0.3, 0.4) is 0 Å². The highest BCUT2D eigenvalue weighted by Crippen LogP contribution is 2.28. The summed E-state index contributed by atoms with van der Waals surface area (Å²) in [7, 11) is -16.0. The van der Waals surface area contributed by atoms with E-state index in [2.05, 4.69) is 12.5 Å². The van der Waals surface area contributed by atoms with Crippen molar-refractivity contribution >= 4 is 30.4 Å². The molecule has 0 radical (unpaired) electrons. The van der Waals surface area contributed by atoms with E-state index in [4.69, 9.17) is 0 Å². The molecule has 9 nitrogen and oxygen atoms in total. The molecule has 0 aromatic heterocycles. The minimum absolute atomic E-state index is 0.667. The van der Waals surface area contributed by atoms with Crippen LogP contribution >= 0.6 is 0 Å². The smallest absolute Gasteiger partial charge is 0.270 e. The Labute approximate surface area is 182 Å². The van der Waals surface area contributed by atoms with Gasteiger partial charge in [0, 0.05) is 12.8 Å². The first kappa shape index (κ1) is 32.1. The lowest BCUT2D eigenvalue weighted by Crippen LogP contribution is -2.38. The van der Waals surface area contributed by atoms with Crippen molar-refractivity contribution in [2.24, 2.45) is 0 Å². The molecule has 0 aliphatic carbocycles. The minimum atomic E-state index is -5.48. The molecule has 0 aromatic rings. The van der Waals surface area contributed by atoms with E-state index in [0.717, 1.165) is 0 Å². The second-order valence-electron chi connectivity index (χ2n) is 6.63. The van der Waals surface area contributed by atoms with Crippen LogP contribution in [-0.2, 0) is 42.9 Å². The highest BCUT2D eigenvalue weighted by atomic mass is 32.2. The normalized spacial score (nSPS) is 15.1. The Hall–Kier alpha value is -0.900. The van der Waals surface area contributed by atoms with Gasteiger partial charge < -0.3 is 0 Å². The molecule has 33 heavy (non-hydrogen) atoms. The van der Waals surface area contributed by atoms with Gasteiger partial charge in [0.25, 0.3) is 30.4 Å². The van der Waals surface area contributed by atoms with E-state index in [9.17, 15) is 64.8 Å². The summed E-state index contributed by atoms with van der Waals surface area (Å²) >= 11 is 0. The van der Waals surface area contributed by atoms with Crippen molar-refractivity contribution in [1.29, 1.82) is 0 Å². The monoisotopic (exact) mass is 572 g/mol. The Balaban J connectivity index is 5.43. The van der Waals surface area contributed by atoms with Gasteiger partial charge in [-0.15, -0.1) is 0 Å². The molecule has 0 atom stereocenters. The Morgan fingerprint density at radius 2 is 0.818 bits per heavy atom. The van der Waals surface area contributed by atoms with Gasteiger partial charge in [0.1, 0.15) is 0 Å². The van der Waals surface area contributed by atoms with Crippen LogP contribution < -0.4 is 0 Å². The standard InChI is InChI=1S/C12H17F9O9S3/c1-9(30-33(26,27)8-12(19,20)21,2-4-28-31(22,23)6-10(13,14)15)3-5-29-32(24,25)7-11(16,17)18/h2-8H2,1H3. The summed E-state index contributed by atoms with van der Waals surface area (Å²) in [6, 6.07) is 0. The number of hydrogen-bond donors (Lipinski definition) is 0. The van der Waals surface area contributed by atoms with E-state index in [1.165, 1.54) is 0 Å². The van der Waals surface area contributed by atoms with Crippen LogP contribution in [0.15, 0.2) is 0 Å². The molecule has 200 valence electrons. The highest BCUT2D eigenvalue weighted by molar-refractivity contribution is 7.87. The molecular formula is C12H17F9O9S3. The molecule has 0 amide bonds. The van der Waals surface area contributed by atoms with Crippen molar-refractivity contribution in [3.63, 3.8) is 0 Å². The predicted molar refractivity (Wildman–Crippen MR) is 90.2 cm³/mol. The van der Waals surface area contributed by atoms with E-state index in [-0.39, 0.29) is 0 Å². The first-order valence-electron chi connectivity index (χ1n) is 8.12. The molecule has 0 saturated heterocycles. The van der Waals surface area contributed by atoms with E-state index in [0.29, 0.717) is 6.92 Å². The zero-order valence-electron chi connectivity index (χ0n) is 16.3. The fourth-order valence-electron chi connectivity index (χ4n) is 2.00. The van der Waals surface area contributed by atoms with E-state index in [1.807, 2.05) is 0 Å². The largest absolute Gasteiger partial charge is 0.405 e. The van der Waals surface area contributed by atoms with Crippen molar-refractivity contribution in [2.45, 2.75) is 43.9 Å². The van der Waals surface area contributed by atoms with Crippen LogP contribution in [0.5, 0.6) is 0 Å². The third-order valence-electron chi connectivity index (χ3n) is 3.14. The third kappa shape index (κ3) is 17.2. The molecule has 0 unspecified atom stereocenters. The number of rotatable bonds is 13. The molecular weight excluding hydrogens is 555 g/mol. The zero-order valence-corrected chi connectivity index (χ0v) is 18.7.